The monoisotopic (exact) mass is 343 g/mol. The van der Waals surface area contributed by atoms with Crippen molar-refractivity contribution in [3.8, 4) is 0 Å². The van der Waals surface area contributed by atoms with E-state index >= 15 is 0 Å². The van der Waals surface area contributed by atoms with E-state index < -0.39 is 0 Å². The quantitative estimate of drug-likeness (QED) is 0.931. The number of carbonyl (C=O) groups is 1. The molecule has 2 aromatic rings. The van der Waals surface area contributed by atoms with E-state index in [0.29, 0.717) is 25.3 Å². The first-order valence-electron chi connectivity index (χ1n) is 8.37. The zero-order valence-corrected chi connectivity index (χ0v) is 14.4. The van der Waals surface area contributed by atoms with Crippen molar-refractivity contribution in [1.29, 1.82) is 0 Å². The average molecular weight is 343 g/mol. The molecule has 1 N–H and O–H groups in total. The number of anilines is 1. The van der Waals surface area contributed by atoms with Gasteiger partial charge in [-0.15, -0.1) is 0 Å². The van der Waals surface area contributed by atoms with E-state index in [-0.39, 0.29) is 23.9 Å². The van der Waals surface area contributed by atoms with Crippen LogP contribution < -0.4 is 10.2 Å². The molecule has 6 nitrogen and oxygen atoms in total. The van der Waals surface area contributed by atoms with Gasteiger partial charge < -0.3 is 15.1 Å². The van der Waals surface area contributed by atoms with Crippen LogP contribution in [0.4, 0.5) is 14.9 Å². The number of piperazine rings is 1. The van der Waals surface area contributed by atoms with Crippen LogP contribution in [0.3, 0.4) is 0 Å². The van der Waals surface area contributed by atoms with E-state index in [4.69, 9.17) is 0 Å². The highest BCUT2D eigenvalue weighted by molar-refractivity contribution is 5.75. The molecular formula is C18H22FN5O. The summed E-state index contributed by atoms with van der Waals surface area (Å²) in [6.45, 7) is 5.60. The molecule has 0 spiro atoms. The molecule has 0 bridgehead atoms. The third kappa shape index (κ3) is 3.87. The molecule has 3 heterocycles. The second kappa shape index (κ2) is 7.46. The number of nitrogens with zero attached hydrogens (tertiary/aromatic N) is 4. The SMILES string of the molecule is C[C@@H]1CN(c2ccncc2F)CCN1C(=O)N[C@H](C)c1cccnc1. The molecule has 132 valence electrons. The lowest BCUT2D eigenvalue weighted by Crippen LogP contribution is -2.57. The average Bonchev–Trinajstić information content (AvgIpc) is 2.62. The zero-order valence-electron chi connectivity index (χ0n) is 14.4. The third-order valence-corrected chi connectivity index (χ3v) is 4.50. The number of nitrogens with one attached hydrogen (secondary N) is 1. The summed E-state index contributed by atoms with van der Waals surface area (Å²) in [7, 11) is 0. The van der Waals surface area contributed by atoms with Crippen LogP contribution in [0.25, 0.3) is 0 Å². The minimum atomic E-state index is -0.335. The largest absolute Gasteiger partial charge is 0.365 e. The predicted molar refractivity (Wildman–Crippen MR) is 93.8 cm³/mol. The Bertz CT molecular complexity index is 726. The van der Waals surface area contributed by atoms with Crippen molar-refractivity contribution in [2.24, 2.45) is 0 Å². The number of hydrogen-bond acceptors (Lipinski definition) is 4. The van der Waals surface area contributed by atoms with Crippen LogP contribution in [-0.2, 0) is 0 Å². The van der Waals surface area contributed by atoms with E-state index in [0.717, 1.165) is 5.56 Å². The van der Waals surface area contributed by atoms with Gasteiger partial charge in [0.25, 0.3) is 0 Å². The molecular weight excluding hydrogens is 321 g/mol. The highest BCUT2D eigenvalue weighted by atomic mass is 19.1. The maximum absolute atomic E-state index is 13.9. The van der Waals surface area contributed by atoms with Gasteiger partial charge in [0.15, 0.2) is 5.82 Å². The van der Waals surface area contributed by atoms with Gasteiger partial charge >= 0.3 is 6.03 Å². The molecule has 1 aliphatic heterocycles. The second-order valence-electron chi connectivity index (χ2n) is 6.27. The Morgan fingerprint density at radius 1 is 1.28 bits per heavy atom. The van der Waals surface area contributed by atoms with E-state index in [1.165, 1.54) is 6.20 Å². The van der Waals surface area contributed by atoms with Gasteiger partial charge in [-0.05, 0) is 31.5 Å². The zero-order chi connectivity index (χ0) is 17.8. The first kappa shape index (κ1) is 17.1. The Balaban J connectivity index is 1.61. The fourth-order valence-corrected chi connectivity index (χ4v) is 3.09. The maximum Gasteiger partial charge on any atom is 0.318 e. The van der Waals surface area contributed by atoms with Crippen LogP contribution >= 0.6 is 0 Å². The molecule has 7 heteroatoms. The van der Waals surface area contributed by atoms with Gasteiger partial charge in [0, 0.05) is 44.3 Å². The molecule has 25 heavy (non-hydrogen) atoms. The first-order valence-corrected chi connectivity index (χ1v) is 8.37. The van der Waals surface area contributed by atoms with E-state index in [2.05, 4.69) is 15.3 Å². The molecule has 2 aromatic heterocycles. The number of pyridine rings is 2. The lowest BCUT2D eigenvalue weighted by atomic mass is 10.1. The summed E-state index contributed by atoms with van der Waals surface area (Å²) in [4.78, 5) is 24.2. The minimum absolute atomic E-state index is 0.0255. The standard InChI is InChI=1S/C18H22FN5O/c1-13-12-23(17-5-7-21-11-16(17)19)8-9-24(13)18(25)22-14(2)15-4-3-6-20-10-15/h3-7,10-11,13-14H,8-9,12H2,1-2H3,(H,22,25)/t13-,14-/m1/s1. The van der Waals surface area contributed by atoms with Crippen molar-refractivity contribution in [3.63, 3.8) is 0 Å². The number of halogens is 1. The molecule has 1 aliphatic rings. The fourth-order valence-electron chi connectivity index (χ4n) is 3.09. The van der Waals surface area contributed by atoms with Gasteiger partial charge in [-0.1, -0.05) is 6.07 Å². The number of rotatable bonds is 3. The lowest BCUT2D eigenvalue weighted by molar-refractivity contribution is 0.168. The molecule has 0 aromatic carbocycles. The second-order valence-corrected chi connectivity index (χ2v) is 6.27. The molecule has 0 radical (unpaired) electrons. The molecule has 2 atom stereocenters. The minimum Gasteiger partial charge on any atom is -0.365 e. The maximum atomic E-state index is 13.9. The van der Waals surface area contributed by atoms with Crippen LogP contribution in [0.2, 0.25) is 0 Å². The van der Waals surface area contributed by atoms with Gasteiger partial charge in [0.2, 0.25) is 0 Å². The van der Waals surface area contributed by atoms with Crippen LogP contribution in [0.5, 0.6) is 0 Å². The smallest absolute Gasteiger partial charge is 0.318 e. The predicted octanol–water partition coefficient (Wildman–Crippen LogP) is 2.60. The summed E-state index contributed by atoms with van der Waals surface area (Å²) < 4.78 is 13.9. The topological polar surface area (TPSA) is 61.4 Å². The number of urea groups is 1. The molecule has 1 fully saturated rings. The Hall–Kier alpha value is -2.70. The van der Waals surface area contributed by atoms with Gasteiger partial charge in [-0.2, -0.15) is 0 Å². The molecule has 3 rings (SSSR count). The van der Waals surface area contributed by atoms with Crippen LogP contribution in [-0.4, -0.2) is 46.6 Å². The number of carbonyl (C=O) groups excluding carboxylic acids is 1. The van der Waals surface area contributed by atoms with Gasteiger partial charge in [0.1, 0.15) is 0 Å². The van der Waals surface area contributed by atoms with Crippen molar-refractivity contribution in [1.82, 2.24) is 20.2 Å². The summed E-state index contributed by atoms with van der Waals surface area (Å²) in [5.74, 6) is -0.335. The Morgan fingerprint density at radius 2 is 2.08 bits per heavy atom. The van der Waals surface area contributed by atoms with Crippen molar-refractivity contribution < 1.29 is 9.18 Å². The van der Waals surface area contributed by atoms with Crippen LogP contribution in [0, 0.1) is 5.82 Å². The normalized spacial score (nSPS) is 18.8. The summed E-state index contributed by atoms with van der Waals surface area (Å²) in [6, 6.07) is 5.20. The molecule has 0 unspecified atom stereocenters. The molecule has 1 saturated heterocycles. The van der Waals surface area contributed by atoms with Crippen LogP contribution in [0.15, 0.2) is 43.0 Å². The number of amides is 2. The Labute approximate surface area is 146 Å². The van der Waals surface area contributed by atoms with Crippen molar-refractivity contribution >= 4 is 11.7 Å². The number of aromatic nitrogens is 2. The van der Waals surface area contributed by atoms with Crippen molar-refractivity contribution in [3.05, 3.63) is 54.4 Å². The highest BCUT2D eigenvalue weighted by Gasteiger charge is 2.29. The van der Waals surface area contributed by atoms with Crippen molar-refractivity contribution in [2.45, 2.75) is 25.9 Å². The summed E-state index contributed by atoms with van der Waals surface area (Å²) >= 11 is 0. The van der Waals surface area contributed by atoms with Gasteiger partial charge in [-0.3, -0.25) is 9.97 Å². The Kier molecular flexibility index (Phi) is 5.11. The highest BCUT2D eigenvalue weighted by Crippen LogP contribution is 2.22. The van der Waals surface area contributed by atoms with Gasteiger partial charge in [-0.25, -0.2) is 9.18 Å². The third-order valence-electron chi connectivity index (χ3n) is 4.50. The van der Waals surface area contributed by atoms with E-state index in [1.54, 1.807) is 29.6 Å². The van der Waals surface area contributed by atoms with Gasteiger partial charge in [0.05, 0.1) is 17.9 Å². The molecule has 2 amide bonds. The van der Waals surface area contributed by atoms with E-state index in [9.17, 15) is 9.18 Å². The molecule has 0 saturated carbocycles. The summed E-state index contributed by atoms with van der Waals surface area (Å²) in [5, 5.41) is 3.01. The molecule has 0 aliphatic carbocycles. The number of hydrogen-bond donors (Lipinski definition) is 1. The Morgan fingerprint density at radius 3 is 2.76 bits per heavy atom. The summed E-state index contributed by atoms with van der Waals surface area (Å²) in [6.07, 6.45) is 6.25. The van der Waals surface area contributed by atoms with Crippen molar-refractivity contribution in [2.75, 3.05) is 24.5 Å². The first-order chi connectivity index (χ1) is 12.1. The van der Waals surface area contributed by atoms with Crippen LogP contribution in [0.1, 0.15) is 25.5 Å². The fraction of sp³-hybridized carbons (Fsp3) is 0.389. The summed E-state index contributed by atoms with van der Waals surface area (Å²) in [5.41, 5.74) is 1.49. The van der Waals surface area contributed by atoms with E-state index in [1.807, 2.05) is 30.9 Å². The lowest BCUT2D eigenvalue weighted by Gasteiger charge is -2.41.